The SMILES string of the molecule is c1ccc(-c2ccc(N(c3ccccc3)c3ccc4c5ccccc5c5sc(-c6ccccc6)nc5c4c3)cc2)cc1. The monoisotopic (exact) mass is 554 g/mol. The number of thiazole rings is 1. The van der Waals surface area contributed by atoms with E-state index in [4.69, 9.17) is 4.98 Å². The third-order valence-electron chi connectivity index (χ3n) is 7.87. The van der Waals surface area contributed by atoms with E-state index < -0.39 is 0 Å². The normalized spacial score (nSPS) is 11.3. The average molecular weight is 555 g/mol. The molecule has 0 spiro atoms. The van der Waals surface area contributed by atoms with E-state index in [1.807, 2.05) is 0 Å². The number of fused-ring (bicyclic) bond motifs is 6. The van der Waals surface area contributed by atoms with Crippen LogP contribution in [0.3, 0.4) is 0 Å². The molecule has 7 aromatic carbocycles. The molecule has 0 aliphatic heterocycles. The number of para-hydroxylation sites is 1. The van der Waals surface area contributed by atoms with Crippen LogP contribution >= 0.6 is 11.3 Å². The van der Waals surface area contributed by atoms with Crippen molar-refractivity contribution in [3.63, 3.8) is 0 Å². The molecule has 42 heavy (non-hydrogen) atoms. The van der Waals surface area contributed by atoms with Gasteiger partial charge < -0.3 is 4.90 Å². The molecule has 0 N–H and O–H groups in total. The number of aromatic nitrogens is 1. The Morgan fingerprint density at radius 1 is 0.405 bits per heavy atom. The van der Waals surface area contributed by atoms with Gasteiger partial charge in [0.25, 0.3) is 0 Å². The third kappa shape index (κ3) is 4.23. The molecule has 8 rings (SSSR count). The molecule has 0 bridgehead atoms. The van der Waals surface area contributed by atoms with Gasteiger partial charge >= 0.3 is 0 Å². The van der Waals surface area contributed by atoms with Crippen LogP contribution in [0, 0.1) is 0 Å². The predicted molar refractivity (Wildman–Crippen MR) is 180 cm³/mol. The van der Waals surface area contributed by atoms with Crippen LogP contribution in [0.2, 0.25) is 0 Å². The lowest BCUT2D eigenvalue weighted by molar-refractivity contribution is 1.29. The van der Waals surface area contributed by atoms with Crippen LogP contribution < -0.4 is 4.90 Å². The lowest BCUT2D eigenvalue weighted by Gasteiger charge is -2.26. The summed E-state index contributed by atoms with van der Waals surface area (Å²) in [7, 11) is 0. The smallest absolute Gasteiger partial charge is 0.124 e. The lowest BCUT2D eigenvalue weighted by atomic mass is 9.99. The van der Waals surface area contributed by atoms with E-state index in [9.17, 15) is 0 Å². The number of anilines is 3. The molecule has 198 valence electrons. The minimum Gasteiger partial charge on any atom is -0.310 e. The van der Waals surface area contributed by atoms with Crippen LogP contribution in [-0.4, -0.2) is 4.98 Å². The molecule has 8 aromatic rings. The Bertz CT molecular complexity index is 2170. The highest BCUT2D eigenvalue weighted by atomic mass is 32.1. The second kappa shape index (κ2) is 10.3. The Kier molecular flexibility index (Phi) is 6.02. The summed E-state index contributed by atoms with van der Waals surface area (Å²) in [4.78, 5) is 7.59. The Morgan fingerprint density at radius 3 is 1.64 bits per heavy atom. The van der Waals surface area contributed by atoms with Crippen molar-refractivity contribution < 1.29 is 0 Å². The van der Waals surface area contributed by atoms with Crippen LogP contribution in [0.5, 0.6) is 0 Å². The minimum absolute atomic E-state index is 1.05. The zero-order valence-corrected chi connectivity index (χ0v) is 23.6. The maximum absolute atomic E-state index is 5.25. The number of hydrogen-bond donors (Lipinski definition) is 0. The van der Waals surface area contributed by atoms with E-state index in [0.29, 0.717) is 0 Å². The zero-order valence-electron chi connectivity index (χ0n) is 22.8. The van der Waals surface area contributed by atoms with Crippen LogP contribution in [-0.2, 0) is 0 Å². The van der Waals surface area contributed by atoms with E-state index in [2.05, 4.69) is 163 Å². The van der Waals surface area contributed by atoms with Gasteiger partial charge in [0.05, 0.1) is 10.2 Å². The Hall–Kier alpha value is -5.25. The summed E-state index contributed by atoms with van der Waals surface area (Å²) < 4.78 is 1.23. The van der Waals surface area contributed by atoms with Crippen molar-refractivity contribution in [3.8, 4) is 21.7 Å². The number of nitrogens with zero attached hydrogens (tertiary/aromatic N) is 2. The molecule has 3 heteroatoms. The highest BCUT2D eigenvalue weighted by Crippen LogP contribution is 2.43. The quantitative estimate of drug-likeness (QED) is 0.197. The maximum Gasteiger partial charge on any atom is 0.124 e. The van der Waals surface area contributed by atoms with Crippen molar-refractivity contribution in [1.29, 1.82) is 0 Å². The van der Waals surface area contributed by atoms with E-state index in [-0.39, 0.29) is 0 Å². The molecule has 1 heterocycles. The fraction of sp³-hybridized carbons (Fsp3) is 0. The molecule has 1 aromatic heterocycles. The van der Waals surface area contributed by atoms with Gasteiger partial charge in [0.1, 0.15) is 5.01 Å². The average Bonchev–Trinajstić information content (AvgIpc) is 3.53. The number of hydrogen-bond acceptors (Lipinski definition) is 3. The van der Waals surface area contributed by atoms with Crippen molar-refractivity contribution in [1.82, 2.24) is 4.98 Å². The van der Waals surface area contributed by atoms with Crippen molar-refractivity contribution in [3.05, 3.63) is 158 Å². The van der Waals surface area contributed by atoms with Crippen molar-refractivity contribution in [2.75, 3.05) is 4.90 Å². The fourth-order valence-electron chi connectivity index (χ4n) is 5.87. The van der Waals surface area contributed by atoms with Gasteiger partial charge in [-0.05, 0) is 58.3 Å². The van der Waals surface area contributed by atoms with Crippen molar-refractivity contribution >= 4 is 60.2 Å². The summed E-state index contributed by atoms with van der Waals surface area (Å²) in [5.74, 6) is 0. The summed E-state index contributed by atoms with van der Waals surface area (Å²) in [6.45, 7) is 0. The van der Waals surface area contributed by atoms with Crippen LogP contribution in [0.4, 0.5) is 17.1 Å². The minimum atomic E-state index is 1.05. The van der Waals surface area contributed by atoms with Crippen LogP contribution in [0.15, 0.2) is 158 Å². The van der Waals surface area contributed by atoms with Gasteiger partial charge in [0.15, 0.2) is 0 Å². The number of benzene rings is 7. The summed E-state index contributed by atoms with van der Waals surface area (Å²) in [6.07, 6.45) is 0. The summed E-state index contributed by atoms with van der Waals surface area (Å²) >= 11 is 1.78. The summed E-state index contributed by atoms with van der Waals surface area (Å²) in [6, 6.07) is 56.0. The maximum atomic E-state index is 5.25. The summed E-state index contributed by atoms with van der Waals surface area (Å²) in [5.41, 5.74) is 7.96. The van der Waals surface area contributed by atoms with Gasteiger partial charge in [0.2, 0.25) is 0 Å². The Labute approximate surface area is 248 Å². The molecule has 2 nitrogen and oxygen atoms in total. The zero-order chi connectivity index (χ0) is 27.9. The van der Waals surface area contributed by atoms with Gasteiger partial charge in [-0.1, -0.05) is 121 Å². The van der Waals surface area contributed by atoms with Gasteiger partial charge in [-0.2, -0.15) is 0 Å². The molecule has 0 atom stereocenters. The molecule has 0 fully saturated rings. The van der Waals surface area contributed by atoms with E-state index in [0.717, 1.165) is 33.1 Å². The highest BCUT2D eigenvalue weighted by molar-refractivity contribution is 7.22. The molecule has 0 aliphatic carbocycles. The molecule has 0 aliphatic rings. The predicted octanol–water partition coefficient (Wildman–Crippen LogP) is 11.4. The third-order valence-corrected chi connectivity index (χ3v) is 9.01. The lowest BCUT2D eigenvalue weighted by Crippen LogP contribution is -2.09. The molecule has 0 saturated carbocycles. The summed E-state index contributed by atoms with van der Waals surface area (Å²) in [5, 5.41) is 5.95. The van der Waals surface area contributed by atoms with Gasteiger partial charge in [-0.15, -0.1) is 11.3 Å². The second-order valence-corrected chi connectivity index (χ2v) is 11.4. The number of rotatable bonds is 5. The molecule has 0 saturated heterocycles. The Balaban J connectivity index is 1.34. The fourth-order valence-corrected chi connectivity index (χ4v) is 6.99. The van der Waals surface area contributed by atoms with Crippen molar-refractivity contribution in [2.24, 2.45) is 0 Å². The second-order valence-electron chi connectivity index (χ2n) is 10.4. The molecule has 0 unspecified atom stereocenters. The van der Waals surface area contributed by atoms with E-state index in [1.54, 1.807) is 11.3 Å². The van der Waals surface area contributed by atoms with Gasteiger partial charge in [-0.25, -0.2) is 4.98 Å². The van der Waals surface area contributed by atoms with Gasteiger partial charge in [0, 0.05) is 33.4 Å². The first-order chi connectivity index (χ1) is 20.8. The van der Waals surface area contributed by atoms with E-state index >= 15 is 0 Å². The van der Waals surface area contributed by atoms with Crippen LogP contribution in [0.1, 0.15) is 0 Å². The van der Waals surface area contributed by atoms with Crippen molar-refractivity contribution in [2.45, 2.75) is 0 Å². The van der Waals surface area contributed by atoms with Crippen LogP contribution in [0.25, 0.3) is 53.5 Å². The molecular formula is C39H26N2S. The highest BCUT2D eigenvalue weighted by Gasteiger charge is 2.18. The molecule has 0 amide bonds. The first kappa shape index (κ1) is 24.5. The molecular weight excluding hydrogens is 529 g/mol. The Morgan fingerprint density at radius 2 is 0.929 bits per heavy atom. The molecule has 0 radical (unpaired) electrons. The first-order valence-electron chi connectivity index (χ1n) is 14.1. The first-order valence-corrected chi connectivity index (χ1v) is 15.0. The largest absolute Gasteiger partial charge is 0.310 e. The topological polar surface area (TPSA) is 16.1 Å². The van der Waals surface area contributed by atoms with E-state index in [1.165, 1.54) is 37.4 Å². The standard InChI is InChI=1S/C39H26N2S/c1-4-12-27(13-5-1)28-20-22-31(23-21-28)41(30-16-8-3-9-17-30)32-24-25-34-33-18-10-11-19-35(33)38-37(36(34)26-32)40-39(42-38)29-14-6-2-7-15-29/h1-26H. The van der Waals surface area contributed by atoms with Gasteiger partial charge in [-0.3, -0.25) is 0 Å².